The molecule has 2 aromatic carbocycles. The van der Waals surface area contributed by atoms with Gasteiger partial charge in [0.2, 0.25) is 5.91 Å². The van der Waals surface area contributed by atoms with Crippen LogP contribution in [0, 0.1) is 0 Å². The quantitative estimate of drug-likeness (QED) is 0.547. The van der Waals surface area contributed by atoms with E-state index in [1.54, 1.807) is 23.1 Å². The van der Waals surface area contributed by atoms with Crippen molar-refractivity contribution in [1.29, 1.82) is 0 Å². The Morgan fingerprint density at radius 1 is 1.07 bits per heavy atom. The summed E-state index contributed by atoms with van der Waals surface area (Å²) >= 11 is 12.0. The predicted octanol–water partition coefficient (Wildman–Crippen LogP) is 5.09. The van der Waals surface area contributed by atoms with Gasteiger partial charge in [-0.25, -0.2) is 0 Å². The Hall–Kier alpha value is -2.24. The summed E-state index contributed by atoms with van der Waals surface area (Å²) in [5.74, 6) is -0.0946. The second-order valence-corrected chi connectivity index (χ2v) is 7.96. The Bertz CT molecular complexity index is 846. The number of halogens is 2. The summed E-state index contributed by atoms with van der Waals surface area (Å²) < 4.78 is 5.64. The average molecular weight is 451 g/mol. The van der Waals surface area contributed by atoms with E-state index in [2.05, 4.69) is 5.32 Å². The first-order valence-corrected chi connectivity index (χ1v) is 10.8. The van der Waals surface area contributed by atoms with Gasteiger partial charge in [-0.2, -0.15) is 0 Å². The van der Waals surface area contributed by atoms with E-state index < -0.39 is 6.04 Å². The van der Waals surface area contributed by atoms with Gasteiger partial charge in [0.05, 0.1) is 5.02 Å². The van der Waals surface area contributed by atoms with Crippen molar-refractivity contribution in [2.75, 3.05) is 6.61 Å². The molecule has 0 unspecified atom stereocenters. The average Bonchev–Trinajstić information content (AvgIpc) is 2.73. The zero-order valence-corrected chi connectivity index (χ0v) is 19.0. The van der Waals surface area contributed by atoms with Crippen LogP contribution in [0.3, 0.4) is 0 Å². The molecule has 0 aromatic heterocycles. The lowest BCUT2D eigenvalue weighted by Gasteiger charge is -2.31. The van der Waals surface area contributed by atoms with E-state index in [4.69, 9.17) is 27.9 Å². The first-order valence-electron chi connectivity index (χ1n) is 10.1. The number of hydrogen-bond acceptors (Lipinski definition) is 3. The van der Waals surface area contributed by atoms with Crippen LogP contribution in [-0.2, 0) is 16.1 Å². The lowest BCUT2D eigenvalue weighted by atomic mass is 10.1. The van der Waals surface area contributed by atoms with E-state index in [-0.39, 0.29) is 24.5 Å². The maximum Gasteiger partial charge on any atom is 0.261 e. The summed E-state index contributed by atoms with van der Waals surface area (Å²) in [6, 6.07) is 13.8. The van der Waals surface area contributed by atoms with Gasteiger partial charge in [-0.3, -0.25) is 9.59 Å². The van der Waals surface area contributed by atoms with Crippen molar-refractivity contribution < 1.29 is 14.3 Å². The summed E-state index contributed by atoms with van der Waals surface area (Å²) in [5.41, 5.74) is 0.935. The number of nitrogens with one attached hydrogen (secondary N) is 1. The molecule has 7 heteroatoms. The van der Waals surface area contributed by atoms with Gasteiger partial charge in [-0.15, -0.1) is 0 Å². The highest BCUT2D eigenvalue weighted by Gasteiger charge is 2.29. The fourth-order valence-corrected chi connectivity index (χ4v) is 3.42. The smallest absolute Gasteiger partial charge is 0.261 e. The molecule has 162 valence electrons. The molecule has 0 aliphatic heterocycles. The fourth-order valence-electron chi connectivity index (χ4n) is 2.96. The topological polar surface area (TPSA) is 58.6 Å². The Balaban J connectivity index is 2.20. The molecule has 0 heterocycles. The zero-order chi connectivity index (χ0) is 22.1. The number of carbonyl (C=O) groups is 2. The molecule has 2 rings (SSSR count). The highest BCUT2D eigenvalue weighted by molar-refractivity contribution is 6.35. The van der Waals surface area contributed by atoms with Crippen molar-refractivity contribution in [3.8, 4) is 5.75 Å². The van der Waals surface area contributed by atoms with Gasteiger partial charge in [-0.1, -0.05) is 67.4 Å². The van der Waals surface area contributed by atoms with E-state index in [0.29, 0.717) is 28.8 Å². The molecule has 0 fully saturated rings. The molecule has 0 saturated carbocycles. The van der Waals surface area contributed by atoms with Crippen molar-refractivity contribution in [3.63, 3.8) is 0 Å². The molecule has 1 N–H and O–H groups in total. The third-order valence-electron chi connectivity index (χ3n) is 4.83. The van der Waals surface area contributed by atoms with Crippen molar-refractivity contribution in [3.05, 3.63) is 64.1 Å². The molecule has 0 bridgehead atoms. The third kappa shape index (κ3) is 6.92. The van der Waals surface area contributed by atoms with Crippen molar-refractivity contribution >= 4 is 35.0 Å². The minimum atomic E-state index is -0.601. The lowest BCUT2D eigenvalue weighted by molar-refractivity contribution is -0.143. The van der Waals surface area contributed by atoms with Gasteiger partial charge in [0, 0.05) is 17.6 Å². The number of amides is 2. The molecule has 0 spiro atoms. The predicted molar refractivity (Wildman–Crippen MR) is 121 cm³/mol. The third-order valence-corrected chi connectivity index (χ3v) is 5.36. The fraction of sp³-hybridized carbons (Fsp3) is 0.391. The molecule has 0 radical (unpaired) electrons. The van der Waals surface area contributed by atoms with Crippen LogP contribution in [0.5, 0.6) is 5.75 Å². The molecule has 2 atom stereocenters. The SMILES string of the molecule is CC[C@@H](C)NC(=O)[C@H](CC)N(Cc1ccccc1)C(=O)COc1ccc(Cl)cc1Cl. The molecular weight excluding hydrogens is 423 g/mol. The Kier molecular flexibility index (Phi) is 9.47. The summed E-state index contributed by atoms with van der Waals surface area (Å²) in [6.45, 7) is 5.91. The van der Waals surface area contributed by atoms with Crippen molar-refractivity contribution in [2.24, 2.45) is 0 Å². The summed E-state index contributed by atoms with van der Waals surface area (Å²) in [7, 11) is 0. The highest BCUT2D eigenvalue weighted by Crippen LogP contribution is 2.27. The standard InChI is InChI=1S/C23H28Cl2N2O3/c1-4-16(3)26-23(29)20(5-2)27(14-17-9-7-6-8-10-17)22(28)15-30-21-12-11-18(24)13-19(21)25/h6-13,16,20H,4-5,14-15H2,1-3H3,(H,26,29)/t16-,20+/m1/s1. The molecule has 0 aliphatic rings. The first kappa shape index (κ1) is 24.0. The van der Waals surface area contributed by atoms with Crippen LogP contribution in [-0.4, -0.2) is 35.4 Å². The van der Waals surface area contributed by atoms with Crippen LogP contribution in [0.1, 0.15) is 39.2 Å². The van der Waals surface area contributed by atoms with E-state index in [9.17, 15) is 9.59 Å². The molecule has 0 aliphatic carbocycles. The molecule has 0 saturated heterocycles. The number of benzene rings is 2. The second kappa shape index (κ2) is 11.8. The number of nitrogens with zero attached hydrogens (tertiary/aromatic N) is 1. The second-order valence-electron chi connectivity index (χ2n) is 7.11. The largest absolute Gasteiger partial charge is 0.482 e. The number of hydrogen-bond donors (Lipinski definition) is 1. The minimum Gasteiger partial charge on any atom is -0.482 e. The minimum absolute atomic E-state index is 0.0318. The summed E-state index contributed by atoms with van der Waals surface area (Å²) in [6.07, 6.45) is 1.30. The Morgan fingerprint density at radius 2 is 1.77 bits per heavy atom. The van der Waals surface area contributed by atoms with Crippen LogP contribution in [0.25, 0.3) is 0 Å². The van der Waals surface area contributed by atoms with Crippen molar-refractivity contribution in [2.45, 2.75) is 52.2 Å². The van der Waals surface area contributed by atoms with E-state index in [1.807, 2.05) is 51.1 Å². The normalized spacial score (nSPS) is 12.7. The molecule has 5 nitrogen and oxygen atoms in total. The number of ether oxygens (including phenoxy) is 1. The van der Waals surface area contributed by atoms with E-state index in [0.717, 1.165) is 12.0 Å². The van der Waals surface area contributed by atoms with Crippen LogP contribution >= 0.6 is 23.2 Å². The summed E-state index contributed by atoms with van der Waals surface area (Å²) in [5, 5.41) is 3.79. The van der Waals surface area contributed by atoms with Gasteiger partial charge in [-0.05, 0) is 43.5 Å². The first-order chi connectivity index (χ1) is 14.3. The van der Waals surface area contributed by atoms with Crippen LogP contribution < -0.4 is 10.1 Å². The molecule has 2 amide bonds. The maximum atomic E-state index is 13.1. The molecule has 2 aromatic rings. The van der Waals surface area contributed by atoms with Crippen LogP contribution in [0.4, 0.5) is 0 Å². The van der Waals surface area contributed by atoms with Gasteiger partial charge in [0.1, 0.15) is 11.8 Å². The molecular formula is C23H28Cl2N2O3. The van der Waals surface area contributed by atoms with Gasteiger partial charge in [0.15, 0.2) is 6.61 Å². The van der Waals surface area contributed by atoms with Crippen LogP contribution in [0.15, 0.2) is 48.5 Å². The Labute approximate surface area is 188 Å². The van der Waals surface area contributed by atoms with Gasteiger partial charge < -0.3 is 15.0 Å². The monoisotopic (exact) mass is 450 g/mol. The van der Waals surface area contributed by atoms with E-state index in [1.165, 1.54) is 0 Å². The maximum absolute atomic E-state index is 13.1. The van der Waals surface area contributed by atoms with Gasteiger partial charge in [0.25, 0.3) is 5.91 Å². The lowest BCUT2D eigenvalue weighted by Crippen LogP contribution is -2.51. The summed E-state index contributed by atoms with van der Waals surface area (Å²) in [4.78, 5) is 27.5. The highest BCUT2D eigenvalue weighted by atomic mass is 35.5. The van der Waals surface area contributed by atoms with Crippen LogP contribution in [0.2, 0.25) is 10.0 Å². The van der Waals surface area contributed by atoms with Gasteiger partial charge >= 0.3 is 0 Å². The Morgan fingerprint density at radius 3 is 2.37 bits per heavy atom. The number of rotatable bonds is 10. The van der Waals surface area contributed by atoms with E-state index >= 15 is 0 Å². The number of carbonyl (C=O) groups excluding carboxylic acids is 2. The van der Waals surface area contributed by atoms with Crippen molar-refractivity contribution in [1.82, 2.24) is 10.2 Å². The molecule has 30 heavy (non-hydrogen) atoms. The zero-order valence-electron chi connectivity index (χ0n) is 17.5.